The standard InChI is InChI=1S/C30H29F3N6O2S/c1-19-6-4-7-20(2)26(19)38-16-5-17-42-29(38)36-28(40)35-21(3)22-8-10-23(11-9-22)27-34-18-39(37-27)24-12-14-25(15-13-24)41-30(31,32)33/h4,6-15,18,21H,5,16-17H2,1-3H3,(H,35,40). The second-order valence-electron chi connectivity index (χ2n) is 9.84. The first-order valence-electron chi connectivity index (χ1n) is 13.3. The summed E-state index contributed by atoms with van der Waals surface area (Å²) >= 11 is 1.59. The van der Waals surface area contributed by atoms with Crippen molar-refractivity contribution in [3.05, 3.63) is 89.7 Å². The van der Waals surface area contributed by atoms with Gasteiger partial charge >= 0.3 is 12.4 Å². The van der Waals surface area contributed by atoms with Gasteiger partial charge in [0.15, 0.2) is 11.0 Å². The summed E-state index contributed by atoms with van der Waals surface area (Å²) in [6.07, 6.45) is -2.26. The van der Waals surface area contributed by atoms with Crippen molar-refractivity contribution in [3.8, 4) is 22.8 Å². The molecule has 0 radical (unpaired) electrons. The van der Waals surface area contributed by atoms with Crippen molar-refractivity contribution in [2.45, 2.75) is 39.6 Å². The fourth-order valence-corrected chi connectivity index (χ4v) is 5.66. The Kier molecular flexibility index (Phi) is 8.53. The SMILES string of the molecule is Cc1cccc(C)c1N1CCCSC1=NC(=O)NC(C)c1ccc(-c2ncn(-c3ccc(OC(F)(F)F)cc3)n2)cc1. The van der Waals surface area contributed by atoms with Crippen molar-refractivity contribution in [2.24, 2.45) is 4.99 Å². The summed E-state index contributed by atoms with van der Waals surface area (Å²) in [5.74, 6) is 1.04. The summed E-state index contributed by atoms with van der Waals surface area (Å²) in [5.41, 5.74) is 5.55. The number of hydrogen-bond donors (Lipinski definition) is 1. The molecule has 1 aromatic heterocycles. The summed E-state index contributed by atoms with van der Waals surface area (Å²) in [6.45, 7) is 6.84. The van der Waals surface area contributed by atoms with Gasteiger partial charge in [-0.25, -0.2) is 14.5 Å². The number of amides is 2. The zero-order chi connectivity index (χ0) is 29.9. The van der Waals surface area contributed by atoms with Crippen molar-refractivity contribution in [1.82, 2.24) is 20.1 Å². The predicted molar refractivity (Wildman–Crippen MR) is 158 cm³/mol. The van der Waals surface area contributed by atoms with Crippen molar-refractivity contribution in [2.75, 3.05) is 17.2 Å². The molecular formula is C30H29F3N6O2S. The van der Waals surface area contributed by atoms with Gasteiger partial charge in [-0.1, -0.05) is 54.2 Å². The highest BCUT2D eigenvalue weighted by atomic mass is 32.2. The van der Waals surface area contributed by atoms with Gasteiger partial charge in [-0.3, -0.25) is 0 Å². The normalized spacial score (nSPS) is 15.5. The molecule has 1 fully saturated rings. The van der Waals surface area contributed by atoms with Crippen LogP contribution in [0, 0.1) is 13.8 Å². The zero-order valence-electron chi connectivity index (χ0n) is 23.2. The molecule has 0 aliphatic carbocycles. The molecule has 5 rings (SSSR count). The van der Waals surface area contributed by atoms with Crippen LogP contribution in [-0.2, 0) is 0 Å². The Bertz CT molecular complexity index is 1570. The Hall–Kier alpha value is -4.32. The summed E-state index contributed by atoms with van der Waals surface area (Å²) in [4.78, 5) is 23.8. The molecule has 1 aliphatic rings. The average Bonchev–Trinajstić information content (AvgIpc) is 3.44. The Labute approximate surface area is 245 Å². The van der Waals surface area contributed by atoms with E-state index in [4.69, 9.17) is 0 Å². The number of aliphatic imine (C=N–C) groups is 1. The van der Waals surface area contributed by atoms with Crippen molar-refractivity contribution < 1.29 is 22.7 Å². The van der Waals surface area contributed by atoms with E-state index in [0.717, 1.165) is 46.7 Å². The van der Waals surface area contributed by atoms with Gasteiger partial charge in [-0.15, -0.1) is 18.3 Å². The molecule has 2 amide bonds. The van der Waals surface area contributed by atoms with E-state index in [0.29, 0.717) is 16.7 Å². The van der Waals surface area contributed by atoms with E-state index in [9.17, 15) is 18.0 Å². The van der Waals surface area contributed by atoms with E-state index in [1.165, 1.54) is 35.3 Å². The molecule has 0 bridgehead atoms. The molecule has 1 unspecified atom stereocenters. The molecule has 1 atom stereocenters. The number of para-hydroxylation sites is 1. The van der Waals surface area contributed by atoms with Gasteiger partial charge in [0.2, 0.25) is 0 Å². The maximum atomic E-state index is 12.9. The number of amidine groups is 1. The quantitative estimate of drug-likeness (QED) is 0.254. The van der Waals surface area contributed by atoms with Crippen molar-refractivity contribution >= 4 is 28.6 Å². The first kappa shape index (κ1) is 29.2. The third-order valence-corrected chi connectivity index (χ3v) is 7.79. The number of thioether (sulfide) groups is 1. The minimum atomic E-state index is -4.75. The van der Waals surface area contributed by atoms with E-state index in [1.807, 2.05) is 37.3 Å². The van der Waals surface area contributed by atoms with Crippen LogP contribution in [0.5, 0.6) is 5.75 Å². The summed E-state index contributed by atoms with van der Waals surface area (Å²) in [5, 5.41) is 8.10. The predicted octanol–water partition coefficient (Wildman–Crippen LogP) is 7.22. The second kappa shape index (κ2) is 12.3. The number of nitrogens with one attached hydrogen (secondary N) is 1. The topological polar surface area (TPSA) is 84.6 Å². The summed E-state index contributed by atoms with van der Waals surface area (Å²) < 4.78 is 42.6. The van der Waals surface area contributed by atoms with Crippen molar-refractivity contribution in [1.29, 1.82) is 0 Å². The van der Waals surface area contributed by atoms with Crippen LogP contribution in [-0.4, -0.2) is 44.6 Å². The maximum Gasteiger partial charge on any atom is 0.573 e. The number of aryl methyl sites for hydroxylation is 2. The first-order chi connectivity index (χ1) is 20.1. The van der Waals surface area contributed by atoms with Gasteiger partial charge in [0.1, 0.15) is 12.1 Å². The second-order valence-corrected chi connectivity index (χ2v) is 10.9. The van der Waals surface area contributed by atoms with E-state index < -0.39 is 12.4 Å². The summed E-state index contributed by atoms with van der Waals surface area (Å²) in [7, 11) is 0. The molecule has 0 saturated carbocycles. The Morgan fingerprint density at radius 2 is 1.74 bits per heavy atom. The number of nitrogens with zero attached hydrogens (tertiary/aromatic N) is 5. The van der Waals surface area contributed by atoms with Crippen LogP contribution in [0.2, 0.25) is 0 Å². The van der Waals surface area contributed by atoms with Gasteiger partial charge in [-0.2, -0.15) is 4.99 Å². The van der Waals surface area contributed by atoms with E-state index in [-0.39, 0.29) is 11.8 Å². The van der Waals surface area contributed by atoms with Gasteiger partial charge in [0.25, 0.3) is 0 Å². The van der Waals surface area contributed by atoms with Crippen LogP contribution < -0.4 is 15.0 Å². The smallest absolute Gasteiger partial charge is 0.406 e. The van der Waals surface area contributed by atoms with Crippen LogP contribution in [0.1, 0.15) is 36.1 Å². The molecule has 0 spiro atoms. The number of hydrogen-bond acceptors (Lipinski definition) is 5. The largest absolute Gasteiger partial charge is 0.573 e. The van der Waals surface area contributed by atoms with Gasteiger partial charge in [0, 0.05) is 23.5 Å². The monoisotopic (exact) mass is 594 g/mol. The van der Waals surface area contributed by atoms with Crippen LogP contribution in [0.15, 0.2) is 78.0 Å². The van der Waals surface area contributed by atoms with Crippen molar-refractivity contribution in [3.63, 3.8) is 0 Å². The molecule has 3 aromatic carbocycles. The fraction of sp³-hybridized carbons (Fsp3) is 0.267. The van der Waals surface area contributed by atoms with E-state index in [2.05, 4.69) is 56.0 Å². The number of carbonyl (C=O) groups is 1. The highest BCUT2D eigenvalue weighted by molar-refractivity contribution is 8.14. The number of ether oxygens (including phenoxy) is 1. The number of carbonyl (C=O) groups excluding carboxylic acids is 1. The van der Waals surface area contributed by atoms with Gasteiger partial charge in [0.05, 0.1) is 11.7 Å². The van der Waals surface area contributed by atoms with E-state index in [1.54, 1.807) is 11.8 Å². The lowest BCUT2D eigenvalue weighted by atomic mass is 10.1. The van der Waals surface area contributed by atoms with Gasteiger partial charge in [-0.05, 0) is 68.1 Å². The Morgan fingerprint density at radius 1 is 1.05 bits per heavy atom. The number of benzene rings is 3. The minimum absolute atomic E-state index is 0.291. The molecule has 42 heavy (non-hydrogen) atoms. The zero-order valence-corrected chi connectivity index (χ0v) is 24.0. The maximum absolute atomic E-state index is 12.9. The fourth-order valence-electron chi connectivity index (χ4n) is 4.72. The Balaban J connectivity index is 1.24. The van der Waals surface area contributed by atoms with Crippen LogP contribution >= 0.6 is 11.8 Å². The van der Waals surface area contributed by atoms with Gasteiger partial charge < -0.3 is 15.0 Å². The molecular weight excluding hydrogens is 565 g/mol. The number of aromatic nitrogens is 3. The lowest BCUT2D eigenvalue weighted by Crippen LogP contribution is -2.37. The molecule has 12 heteroatoms. The third kappa shape index (κ3) is 6.93. The Morgan fingerprint density at radius 3 is 2.40 bits per heavy atom. The minimum Gasteiger partial charge on any atom is -0.406 e. The molecule has 8 nitrogen and oxygen atoms in total. The molecule has 4 aromatic rings. The summed E-state index contributed by atoms with van der Waals surface area (Å²) in [6, 6.07) is 18.3. The number of rotatable bonds is 6. The molecule has 1 aliphatic heterocycles. The lowest BCUT2D eigenvalue weighted by molar-refractivity contribution is -0.274. The number of halogens is 3. The highest BCUT2D eigenvalue weighted by Crippen LogP contribution is 2.31. The lowest BCUT2D eigenvalue weighted by Gasteiger charge is -2.32. The molecule has 1 saturated heterocycles. The molecule has 218 valence electrons. The molecule has 1 N–H and O–H groups in total. The number of alkyl halides is 3. The van der Waals surface area contributed by atoms with Crippen LogP contribution in [0.4, 0.5) is 23.7 Å². The van der Waals surface area contributed by atoms with Crippen LogP contribution in [0.3, 0.4) is 0 Å². The average molecular weight is 595 g/mol. The molecule has 2 heterocycles. The first-order valence-corrected chi connectivity index (χ1v) is 14.3. The third-order valence-electron chi connectivity index (χ3n) is 6.73. The number of anilines is 1. The van der Waals surface area contributed by atoms with E-state index >= 15 is 0 Å². The van der Waals surface area contributed by atoms with Crippen LogP contribution in [0.25, 0.3) is 17.1 Å². The number of urea groups is 1. The highest BCUT2D eigenvalue weighted by Gasteiger charge is 2.31.